The van der Waals surface area contributed by atoms with Gasteiger partial charge in [-0.15, -0.1) is 0 Å². The standard InChI is InChI=1S/C11H13NO2/c1-2-6-12-10(3-1)11-9(4-7-13-11)5-8-14-11/h1-3,6,9H,4-5,7-8H2. The van der Waals surface area contributed by atoms with E-state index in [1.165, 1.54) is 0 Å². The van der Waals surface area contributed by atoms with Crippen LogP contribution in [0.25, 0.3) is 0 Å². The van der Waals surface area contributed by atoms with Gasteiger partial charge in [-0.25, -0.2) is 0 Å². The van der Waals surface area contributed by atoms with Crippen molar-refractivity contribution in [2.24, 2.45) is 5.92 Å². The SMILES string of the molecule is c1ccc(C23OCCC2CCO3)nc1. The molecule has 0 radical (unpaired) electrons. The third-order valence-corrected chi connectivity index (χ3v) is 3.12. The molecule has 2 aliphatic heterocycles. The summed E-state index contributed by atoms with van der Waals surface area (Å²) < 4.78 is 11.5. The van der Waals surface area contributed by atoms with Gasteiger partial charge in [-0.05, 0) is 25.0 Å². The zero-order valence-corrected chi connectivity index (χ0v) is 7.98. The summed E-state index contributed by atoms with van der Waals surface area (Å²) in [5, 5.41) is 0. The second-order valence-corrected chi connectivity index (χ2v) is 3.85. The number of rotatable bonds is 1. The third kappa shape index (κ3) is 1.03. The van der Waals surface area contributed by atoms with Crippen LogP contribution in [0, 0.1) is 5.92 Å². The quantitative estimate of drug-likeness (QED) is 0.677. The van der Waals surface area contributed by atoms with Crippen molar-refractivity contribution in [3.63, 3.8) is 0 Å². The fourth-order valence-electron chi connectivity index (χ4n) is 2.43. The minimum Gasteiger partial charge on any atom is -0.344 e. The number of aromatic nitrogens is 1. The Morgan fingerprint density at radius 2 is 2.00 bits per heavy atom. The van der Waals surface area contributed by atoms with Gasteiger partial charge in [0.05, 0.1) is 18.9 Å². The Hall–Kier alpha value is -0.930. The summed E-state index contributed by atoms with van der Waals surface area (Å²) in [4.78, 5) is 4.34. The molecular formula is C11H13NO2. The number of pyridine rings is 1. The molecule has 3 heterocycles. The lowest BCUT2D eigenvalue weighted by atomic mass is 9.94. The molecule has 0 N–H and O–H groups in total. The van der Waals surface area contributed by atoms with Crippen LogP contribution in [-0.2, 0) is 15.3 Å². The van der Waals surface area contributed by atoms with Gasteiger partial charge in [0.2, 0.25) is 5.79 Å². The van der Waals surface area contributed by atoms with Gasteiger partial charge < -0.3 is 9.47 Å². The fourth-order valence-corrected chi connectivity index (χ4v) is 2.43. The number of ether oxygens (including phenoxy) is 2. The van der Waals surface area contributed by atoms with Crippen molar-refractivity contribution >= 4 is 0 Å². The molecule has 0 aromatic carbocycles. The van der Waals surface area contributed by atoms with Gasteiger partial charge in [-0.1, -0.05) is 6.07 Å². The van der Waals surface area contributed by atoms with Crippen molar-refractivity contribution in [1.29, 1.82) is 0 Å². The molecular weight excluding hydrogens is 178 g/mol. The van der Waals surface area contributed by atoms with E-state index in [1.807, 2.05) is 18.2 Å². The van der Waals surface area contributed by atoms with Gasteiger partial charge in [-0.3, -0.25) is 4.98 Å². The molecule has 3 heteroatoms. The number of fused-ring (bicyclic) bond motifs is 1. The Morgan fingerprint density at radius 3 is 2.64 bits per heavy atom. The van der Waals surface area contributed by atoms with E-state index >= 15 is 0 Å². The normalized spacial score (nSPS) is 35.9. The maximum absolute atomic E-state index is 5.77. The molecule has 2 aliphatic rings. The van der Waals surface area contributed by atoms with Gasteiger partial charge in [0, 0.05) is 12.1 Å². The van der Waals surface area contributed by atoms with Crippen molar-refractivity contribution in [2.45, 2.75) is 18.6 Å². The number of hydrogen-bond donors (Lipinski definition) is 0. The highest BCUT2D eigenvalue weighted by molar-refractivity contribution is 5.14. The van der Waals surface area contributed by atoms with Gasteiger partial charge in [0.15, 0.2) is 0 Å². The van der Waals surface area contributed by atoms with Crippen LogP contribution in [0.2, 0.25) is 0 Å². The summed E-state index contributed by atoms with van der Waals surface area (Å²) >= 11 is 0. The Kier molecular flexibility index (Phi) is 1.82. The summed E-state index contributed by atoms with van der Waals surface area (Å²) in [5.74, 6) is -0.0150. The third-order valence-electron chi connectivity index (χ3n) is 3.12. The van der Waals surface area contributed by atoms with Crippen LogP contribution in [0.4, 0.5) is 0 Å². The van der Waals surface area contributed by atoms with Crippen LogP contribution in [0.15, 0.2) is 24.4 Å². The first kappa shape index (κ1) is 8.38. The maximum atomic E-state index is 5.77. The minimum absolute atomic E-state index is 0.498. The monoisotopic (exact) mass is 191 g/mol. The van der Waals surface area contributed by atoms with Crippen molar-refractivity contribution in [3.05, 3.63) is 30.1 Å². The van der Waals surface area contributed by atoms with E-state index in [2.05, 4.69) is 4.98 Å². The van der Waals surface area contributed by atoms with Crippen molar-refractivity contribution in [3.8, 4) is 0 Å². The van der Waals surface area contributed by atoms with E-state index in [0.717, 1.165) is 31.7 Å². The highest BCUT2D eigenvalue weighted by Gasteiger charge is 2.51. The van der Waals surface area contributed by atoms with Crippen LogP contribution in [0.5, 0.6) is 0 Å². The number of hydrogen-bond acceptors (Lipinski definition) is 3. The predicted octanol–water partition coefficient (Wildman–Crippen LogP) is 1.69. The van der Waals surface area contributed by atoms with Gasteiger partial charge >= 0.3 is 0 Å². The molecule has 3 rings (SSSR count). The molecule has 0 saturated carbocycles. The van der Waals surface area contributed by atoms with E-state index in [0.29, 0.717) is 5.92 Å². The lowest BCUT2D eigenvalue weighted by molar-refractivity contribution is -0.207. The summed E-state index contributed by atoms with van der Waals surface area (Å²) in [6.45, 7) is 1.59. The lowest BCUT2D eigenvalue weighted by Crippen LogP contribution is -2.30. The predicted molar refractivity (Wildman–Crippen MR) is 50.5 cm³/mol. The Bertz CT molecular complexity index is 315. The number of nitrogens with zero attached hydrogens (tertiary/aromatic N) is 1. The molecule has 0 bridgehead atoms. The molecule has 0 spiro atoms. The molecule has 2 fully saturated rings. The van der Waals surface area contributed by atoms with Gasteiger partial charge in [0.25, 0.3) is 0 Å². The van der Waals surface area contributed by atoms with Crippen LogP contribution in [-0.4, -0.2) is 18.2 Å². The van der Waals surface area contributed by atoms with Crippen LogP contribution in [0.3, 0.4) is 0 Å². The van der Waals surface area contributed by atoms with Crippen molar-refractivity contribution in [1.82, 2.24) is 4.98 Å². The minimum atomic E-state index is -0.513. The van der Waals surface area contributed by atoms with Crippen LogP contribution >= 0.6 is 0 Å². The first-order valence-corrected chi connectivity index (χ1v) is 5.11. The lowest BCUT2D eigenvalue weighted by Gasteiger charge is -2.26. The van der Waals surface area contributed by atoms with E-state index < -0.39 is 5.79 Å². The molecule has 0 aliphatic carbocycles. The average Bonchev–Trinajstić information content (AvgIpc) is 2.77. The zero-order valence-electron chi connectivity index (χ0n) is 7.98. The van der Waals surface area contributed by atoms with Crippen LogP contribution in [0.1, 0.15) is 18.5 Å². The smallest absolute Gasteiger partial charge is 0.215 e. The molecule has 1 aromatic rings. The molecule has 14 heavy (non-hydrogen) atoms. The molecule has 74 valence electrons. The first-order chi connectivity index (χ1) is 6.92. The van der Waals surface area contributed by atoms with Gasteiger partial charge in [0.1, 0.15) is 0 Å². The average molecular weight is 191 g/mol. The highest BCUT2D eigenvalue weighted by Crippen LogP contribution is 2.47. The Balaban J connectivity index is 2.03. The van der Waals surface area contributed by atoms with Crippen molar-refractivity contribution < 1.29 is 9.47 Å². The van der Waals surface area contributed by atoms with E-state index in [1.54, 1.807) is 6.20 Å². The Morgan fingerprint density at radius 1 is 1.21 bits per heavy atom. The largest absolute Gasteiger partial charge is 0.344 e. The summed E-state index contributed by atoms with van der Waals surface area (Å²) in [6.07, 6.45) is 3.98. The van der Waals surface area contributed by atoms with Crippen molar-refractivity contribution in [2.75, 3.05) is 13.2 Å². The molecule has 0 atom stereocenters. The second kappa shape index (κ2) is 3.04. The molecule has 1 aromatic heterocycles. The molecule has 0 unspecified atom stereocenters. The maximum Gasteiger partial charge on any atom is 0.215 e. The topological polar surface area (TPSA) is 31.4 Å². The first-order valence-electron chi connectivity index (χ1n) is 5.11. The second-order valence-electron chi connectivity index (χ2n) is 3.85. The molecule has 3 nitrogen and oxygen atoms in total. The van der Waals surface area contributed by atoms with Gasteiger partial charge in [-0.2, -0.15) is 0 Å². The fraction of sp³-hybridized carbons (Fsp3) is 0.545. The zero-order chi connectivity index (χ0) is 9.43. The summed E-state index contributed by atoms with van der Waals surface area (Å²) in [5.41, 5.74) is 0.931. The molecule has 0 amide bonds. The van der Waals surface area contributed by atoms with E-state index in [-0.39, 0.29) is 0 Å². The Labute approximate surface area is 83.1 Å². The summed E-state index contributed by atoms with van der Waals surface area (Å²) in [6, 6.07) is 5.89. The van der Waals surface area contributed by atoms with E-state index in [4.69, 9.17) is 9.47 Å². The van der Waals surface area contributed by atoms with E-state index in [9.17, 15) is 0 Å². The highest BCUT2D eigenvalue weighted by atomic mass is 16.7. The van der Waals surface area contributed by atoms with Crippen LogP contribution < -0.4 is 0 Å². The molecule has 2 saturated heterocycles. The summed E-state index contributed by atoms with van der Waals surface area (Å²) in [7, 11) is 0.